The quantitative estimate of drug-likeness (QED) is 0.851. The summed E-state index contributed by atoms with van der Waals surface area (Å²) in [5.41, 5.74) is 1.71. The summed E-state index contributed by atoms with van der Waals surface area (Å²) in [6, 6.07) is 7.07. The van der Waals surface area contributed by atoms with Crippen LogP contribution >= 0.6 is 0 Å². The lowest BCUT2D eigenvalue weighted by molar-refractivity contribution is 0.0102. The molecule has 0 radical (unpaired) electrons. The number of morpholine rings is 1. The van der Waals surface area contributed by atoms with Gasteiger partial charge in [0.2, 0.25) is 10.0 Å². The molecule has 1 aromatic carbocycles. The minimum atomic E-state index is -3.52. The fraction of sp³-hybridized carbons (Fsp3) is 0.400. The zero-order valence-corrected chi connectivity index (χ0v) is 12.9. The van der Waals surface area contributed by atoms with E-state index in [1.807, 2.05) is 26.0 Å². The Labute approximate surface area is 124 Å². The zero-order chi connectivity index (χ0) is 15.0. The Balaban J connectivity index is 2.13. The molecule has 2 heterocycles. The van der Waals surface area contributed by atoms with Gasteiger partial charge in [-0.2, -0.15) is 4.31 Å². The SMILES string of the molecule is Cc1ccc(S(=O)(=O)N2CCOC(C)C2)c2cccnc12. The number of hydrogen-bond acceptors (Lipinski definition) is 4. The van der Waals surface area contributed by atoms with Crippen molar-refractivity contribution in [3.05, 3.63) is 36.0 Å². The van der Waals surface area contributed by atoms with E-state index in [1.54, 1.807) is 18.3 Å². The number of ether oxygens (including phenoxy) is 1. The summed E-state index contributed by atoms with van der Waals surface area (Å²) < 4.78 is 32.7. The van der Waals surface area contributed by atoms with Crippen LogP contribution in [0.3, 0.4) is 0 Å². The van der Waals surface area contributed by atoms with Crippen LogP contribution < -0.4 is 0 Å². The Bertz CT molecular complexity index is 774. The molecule has 1 fully saturated rings. The normalized spacial score (nSPS) is 20.8. The number of pyridine rings is 1. The van der Waals surface area contributed by atoms with E-state index in [0.29, 0.717) is 30.0 Å². The highest BCUT2D eigenvalue weighted by molar-refractivity contribution is 7.89. The first-order chi connectivity index (χ1) is 10.00. The van der Waals surface area contributed by atoms with Crippen LogP contribution in [0.1, 0.15) is 12.5 Å². The molecule has 1 saturated heterocycles. The van der Waals surface area contributed by atoms with Crippen LogP contribution in [0.25, 0.3) is 10.9 Å². The Morgan fingerprint density at radius 2 is 2.14 bits per heavy atom. The number of fused-ring (bicyclic) bond motifs is 1. The van der Waals surface area contributed by atoms with Gasteiger partial charge < -0.3 is 4.74 Å². The molecule has 1 atom stereocenters. The highest BCUT2D eigenvalue weighted by atomic mass is 32.2. The van der Waals surface area contributed by atoms with E-state index in [1.165, 1.54) is 4.31 Å². The van der Waals surface area contributed by atoms with E-state index in [2.05, 4.69) is 4.98 Å². The molecule has 6 heteroatoms. The van der Waals surface area contributed by atoms with E-state index in [4.69, 9.17) is 4.74 Å². The van der Waals surface area contributed by atoms with E-state index < -0.39 is 10.0 Å². The first-order valence-corrected chi connectivity index (χ1v) is 8.40. The molecule has 0 aliphatic carbocycles. The van der Waals surface area contributed by atoms with E-state index >= 15 is 0 Å². The van der Waals surface area contributed by atoms with Crippen LogP contribution in [0.2, 0.25) is 0 Å². The van der Waals surface area contributed by atoms with Gasteiger partial charge >= 0.3 is 0 Å². The topological polar surface area (TPSA) is 59.5 Å². The lowest BCUT2D eigenvalue weighted by Gasteiger charge is -2.30. The molecule has 5 nitrogen and oxygen atoms in total. The molecule has 0 saturated carbocycles. The summed E-state index contributed by atoms with van der Waals surface area (Å²) in [5.74, 6) is 0. The minimum Gasteiger partial charge on any atom is -0.376 e. The lowest BCUT2D eigenvalue weighted by atomic mass is 10.1. The van der Waals surface area contributed by atoms with Gasteiger partial charge in [0.05, 0.1) is 23.1 Å². The summed E-state index contributed by atoms with van der Waals surface area (Å²) >= 11 is 0. The molecule has 0 bridgehead atoms. The Morgan fingerprint density at radius 3 is 2.90 bits per heavy atom. The Kier molecular flexibility index (Phi) is 3.69. The number of aryl methyl sites for hydroxylation is 1. The first kappa shape index (κ1) is 14.4. The zero-order valence-electron chi connectivity index (χ0n) is 12.1. The van der Waals surface area contributed by atoms with Crippen molar-refractivity contribution in [3.8, 4) is 0 Å². The van der Waals surface area contributed by atoms with Crippen LogP contribution in [0.15, 0.2) is 35.4 Å². The second-order valence-electron chi connectivity index (χ2n) is 5.32. The Morgan fingerprint density at radius 1 is 1.33 bits per heavy atom. The molecule has 0 amide bonds. The van der Waals surface area contributed by atoms with E-state index in [-0.39, 0.29) is 6.10 Å². The van der Waals surface area contributed by atoms with Crippen LogP contribution in [0.5, 0.6) is 0 Å². The number of hydrogen-bond donors (Lipinski definition) is 0. The molecular formula is C15H18N2O3S. The van der Waals surface area contributed by atoms with Gasteiger partial charge in [-0.15, -0.1) is 0 Å². The highest BCUT2D eigenvalue weighted by Gasteiger charge is 2.30. The monoisotopic (exact) mass is 306 g/mol. The predicted molar refractivity (Wildman–Crippen MR) is 80.7 cm³/mol. The second-order valence-corrected chi connectivity index (χ2v) is 7.23. The Hall–Kier alpha value is -1.50. The summed E-state index contributed by atoms with van der Waals surface area (Å²) in [7, 11) is -3.52. The molecule has 112 valence electrons. The van der Waals surface area contributed by atoms with Crippen molar-refractivity contribution < 1.29 is 13.2 Å². The fourth-order valence-corrected chi connectivity index (χ4v) is 4.34. The summed E-state index contributed by atoms with van der Waals surface area (Å²) in [4.78, 5) is 4.63. The van der Waals surface area contributed by atoms with Crippen molar-refractivity contribution in [3.63, 3.8) is 0 Å². The van der Waals surface area contributed by atoms with Gasteiger partial charge in [-0.05, 0) is 37.6 Å². The highest BCUT2D eigenvalue weighted by Crippen LogP contribution is 2.27. The van der Waals surface area contributed by atoms with Crippen molar-refractivity contribution in [2.24, 2.45) is 0 Å². The average Bonchev–Trinajstić information content (AvgIpc) is 2.47. The first-order valence-electron chi connectivity index (χ1n) is 6.96. The van der Waals surface area contributed by atoms with Crippen molar-refractivity contribution in [2.75, 3.05) is 19.7 Å². The molecule has 1 aliphatic rings. The van der Waals surface area contributed by atoms with E-state index in [9.17, 15) is 8.42 Å². The lowest BCUT2D eigenvalue weighted by Crippen LogP contribution is -2.44. The number of aromatic nitrogens is 1. The molecule has 21 heavy (non-hydrogen) atoms. The molecule has 1 unspecified atom stereocenters. The summed E-state index contributed by atoms with van der Waals surface area (Å²) in [5, 5.41) is 0.677. The van der Waals surface area contributed by atoms with E-state index in [0.717, 1.165) is 11.1 Å². The summed E-state index contributed by atoms with van der Waals surface area (Å²) in [6.45, 7) is 5.03. The maximum Gasteiger partial charge on any atom is 0.243 e. The van der Waals surface area contributed by atoms with Crippen molar-refractivity contribution in [2.45, 2.75) is 24.8 Å². The average molecular weight is 306 g/mol. The molecule has 1 aromatic heterocycles. The molecule has 0 N–H and O–H groups in total. The van der Waals surface area contributed by atoms with Crippen molar-refractivity contribution >= 4 is 20.9 Å². The van der Waals surface area contributed by atoms with Crippen LogP contribution in [0.4, 0.5) is 0 Å². The summed E-state index contributed by atoms with van der Waals surface area (Å²) in [6.07, 6.45) is 1.60. The molecule has 2 aromatic rings. The number of sulfonamides is 1. The standard InChI is InChI=1S/C15H18N2O3S/c1-11-5-6-14(13-4-3-7-16-15(11)13)21(18,19)17-8-9-20-12(2)10-17/h3-7,12H,8-10H2,1-2H3. The van der Waals surface area contributed by atoms with Gasteiger partial charge in [0.1, 0.15) is 0 Å². The molecule has 1 aliphatic heterocycles. The second kappa shape index (κ2) is 5.36. The molecule has 0 spiro atoms. The third-order valence-electron chi connectivity index (χ3n) is 3.75. The van der Waals surface area contributed by atoms with Crippen LogP contribution in [0, 0.1) is 6.92 Å². The van der Waals surface area contributed by atoms with Crippen LogP contribution in [-0.2, 0) is 14.8 Å². The maximum absolute atomic E-state index is 12.9. The number of benzene rings is 1. The third kappa shape index (κ3) is 2.54. The molecular weight excluding hydrogens is 288 g/mol. The third-order valence-corrected chi connectivity index (χ3v) is 5.68. The number of rotatable bonds is 2. The van der Waals surface area contributed by atoms with Gasteiger partial charge in [0, 0.05) is 24.7 Å². The molecule has 3 rings (SSSR count). The van der Waals surface area contributed by atoms with Gasteiger partial charge in [-0.3, -0.25) is 4.98 Å². The number of nitrogens with zero attached hydrogens (tertiary/aromatic N) is 2. The van der Waals surface area contributed by atoms with Gasteiger partial charge in [0.25, 0.3) is 0 Å². The van der Waals surface area contributed by atoms with Gasteiger partial charge in [-0.1, -0.05) is 6.07 Å². The van der Waals surface area contributed by atoms with Crippen molar-refractivity contribution in [1.82, 2.24) is 9.29 Å². The predicted octanol–water partition coefficient (Wildman–Crippen LogP) is 1.95. The largest absolute Gasteiger partial charge is 0.376 e. The smallest absolute Gasteiger partial charge is 0.243 e. The van der Waals surface area contributed by atoms with Gasteiger partial charge in [-0.25, -0.2) is 8.42 Å². The maximum atomic E-state index is 12.9. The fourth-order valence-electron chi connectivity index (χ4n) is 2.66. The van der Waals surface area contributed by atoms with Crippen molar-refractivity contribution in [1.29, 1.82) is 0 Å². The van der Waals surface area contributed by atoms with Gasteiger partial charge in [0.15, 0.2) is 0 Å². The minimum absolute atomic E-state index is 0.0802. The van der Waals surface area contributed by atoms with Crippen LogP contribution in [-0.4, -0.2) is 43.5 Å².